The van der Waals surface area contributed by atoms with Crippen LogP contribution in [0.3, 0.4) is 0 Å². The number of fused-ring (bicyclic) bond motifs is 1. The predicted octanol–water partition coefficient (Wildman–Crippen LogP) is -2.58. The fraction of sp³-hybridized carbons (Fsp3) is 0.333. The maximum Gasteiger partial charge on any atom is 1.00 e. The molecule has 2 N–H and O–H groups in total. The summed E-state index contributed by atoms with van der Waals surface area (Å²) in [5, 5.41) is 11.0. The number of carbonyl (C=O) groups excluding carboxylic acids is 1. The van der Waals surface area contributed by atoms with Gasteiger partial charge in [-0.3, -0.25) is 4.79 Å². The molecule has 1 heterocycles. The Hall–Kier alpha value is -1.21. The van der Waals surface area contributed by atoms with Gasteiger partial charge in [0, 0.05) is 18.1 Å². The molecule has 0 fully saturated rings. The number of nitrogens with zero attached hydrogens (tertiary/aromatic N) is 1. The molecule has 0 atom stereocenters. The Bertz CT molecular complexity index is 759. The minimum atomic E-state index is -1.56. The minimum Gasteiger partial charge on any atom is -0.545 e. The van der Waals surface area contributed by atoms with Gasteiger partial charge < -0.3 is 20.2 Å². The van der Waals surface area contributed by atoms with Crippen LogP contribution in [0, 0.1) is 5.82 Å². The number of pyridine rings is 1. The van der Waals surface area contributed by atoms with E-state index < -0.39 is 22.8 Å². The van der Waals surface area contributed by atoms with E-state index >= 15 is 0 Å². The molecular weight excluding hydrogens is 298 g/mol. The van der Waals surface area contributed by atoms with Crippen molar-refractivity contribution in [3.05, 3.63) is 45.5 Å². The van der Waals surface area contributed by atoms with Gasteiger partial charge in [0.15, 0.2) is 5.43 Å². The van der Waals surface area contributed by atoms with E-state index in [1.54, 1.807) is 10.6 Å². The number of aryl methyl sites for hydroxylation is 2. The molecule has 0 unspecified atom stereocenters. The van der Waals surface area contributed by atoms with Crippen molar-refractivity contribution in [2.24, 2.45) is 5.73 Å². The first kappa shape index (κ1) is 18.8. The summed E-state index contributed by atoms with van der Waals surface area (Å²) in [4.78, 5) is 23.1. The van der Waals surface area contributed by atoms with Crippen LogP contribution in [-0.2, 0) is 13.0 Å². The third kappa shape index (κ3) is 3.57. The molecule has 0 aliphatic carbocycles. The molecule has 0 amide bonds. The number of rotatable bonds is 5. The summed E-state index contributed by atoms with van der Waals surface area (Å²) in [6.07, 6.45) is 2.35. The fourth-order valence-electron chi connectivity index (χ4n) is 2.34. The fourth-order valence-corrected chi connectivity index (χ4v) is 2.34. The zero-order valence-corrected chi connectivity index (χ0v) is 14.7. The van der Waals surface area contributed by atoms with E-state index in [9.17, 15) is 19.1 Å². The van der Waals surface area contributed by atoms with Gasteiger partial charge >= 0.3 is 29.6 Å². The molecule has 5 nitrogen and oxygen atoms in total. The van der Waals surface area contributed by atoms with Gasteiger partial charge in [0.05, 0.1) is 17.0 Å². The molecule has 0 bridgehead atoms. The Labute approximate surface area is 149 Å². The number of benzene rings is 1. The van der Waals surface area contributed by atoms with Gasteiger partial charge in [-0.25, -0.2) is 4.39 Å². The molecular formula is C15H16FN2NaO3. The van der Waals surface area contributed by atoms with E-state index in [1.165, 1.54) is 6.20 Å². The molecule has 2 rings (SSSR count). The third-order valence-electron chi connectivity index (χ3n) is 3.46. The smallest absolute Gasteiger partial charge is 0.545 e. The molecule has 0 saturated carbocycles. The molecule has 1 aromatic carbocycles. The van der Waals surface area contributed by atoms with Gasteiger partial charge in [0.2, 0.25) is 0 Å². The molecule has 7 heteroatoms. The number of carboxylic acids is 1. The first-order valence-corrected chi connectivity index (χ1v) is 6.76. The number of hydrogen-bond acceptors (Lipinski definition) is 4. The second kappa shape index (κ2) is 7.87. The van der Waals surface area contributed by atoms with Crippen LogP contribution in [-0.4, -0.2) is 17.1 Å². The average Bonchev–Trinajstić information content (AvgIpc) is 2.46. The van der Waals surface area contributed by atoms with Crippen molar-refractivity contribution >= 4 is 16.9 Å². The third-order valence-corrected chi connectivity index (χ3v) is 3.46. The van der Waals surface area contributed by atoms with Crippen LogP contribution in [0.5, 0.6) is 0 Å². The van der Waals surface area contributed by atoms with Crippen LogP contribution < -0.4 is 45.8 Å². The molecule has 112 valence electrons. The second-order valence-electron chi connectivity index (χ2n) is 4.80. The second-order valence-corrected chi connectivity index (χ2v) is 4.80. The molecule has 2 aromatic rings. The van der Waals surface area contributed by atoms with E-state index in [0.29, 0.717) is 37.0 Å². The largest absolute Gasteiger partial charge is 1.00 e. The van der Waals surface area contributed by atoms with Gasteiger partial charge in [-0.15, -0.1) is 0 Å². The van der Waals surface area contributed by atoms with Crippen LogP contribution in [0.4, 0.5) is 4.39 Å². The summed E-state index contributed by atoms with van der Waals surface area (Å²) in [5.74, 6) is -2.08. The summed E-state index contributed by atoms with van der Waals surface area (Å²) >= 11 is 0. The summed E-state index contributed by atoms with van der Waals surface area (Å²) in [5.41, 5.74) is 5.22. The maximum atomic E-state index is 14.0. The number of hydrogen-bond donors (Lipinski definition) is 1. The summed E-state index contributed by atoms with van der Waals surface area (Å²) in [6.45, 7) is 2.71. The van der Waals surface area contributed by atoms with E-state index in [4.69, 9.17) is 5.73 Å². The minimum absolute atomic E-state index is 0. The summed E-state index contributed by atoms with van der Waals surface area (Å²) in [6, 6.07) is 2.69. The SMILES string of the molecule is CCn1cc(C(=O)[O-])c(=O)c2cc(F)c(CCCN)cc21.[Na+]. The van der Waals surface area contributed by atoms with Crippen molar-refractivity contribution in [3.8, 4) is 0 Å². The van der Waals surface area contributed by atoms with Crippen LogP contribution >= 0.6 is 0 Å². The van der Waals surface area contributed by atoms with E-state index in [0.717, 1.165) is 6.07 Å². The van der Waals surface area contributed by atoms with Gasteiger partial charge in [0.1, 0.15) is 5.82 Å². The molecule has 0 radical (unpaired) electrons. The predicted molar refractivity (Wildman–Crippen MR) is 75.5 cm³/mol. The molecule has 0 spiro atoms. The standard InChI is InChI=1S/C15H17FN2O3.Na/c1-2-18-8-11(15(20)21)14(19)10-7-12(16)9(4-3-5-17)6-13(10)18;/h6-8H,2-5,17H2,1H3,(H,20,21);/q;+1/p-1. The van der Waals surface area contributed by atoms with Gasteiger partial charge in [0.25, 0.3) is 0 Å². The van der Waals surface area contributed by atoms with Crippen molar-refractivity contribution in [2.75, 3.05) is 6.54 Å². The monoisotopic (exact) mass is 314 g/mol. The summed E-state index contributed by atoms with van der Waals surface area (Å²) < 4.78 is 15.6. The Kier molecular flexibility index (Phi) is 6.74. The Morgan fingerprint density at radius 2 is 2.09 bits per heavy atom. The van der Waals surface area contributed by atoms with Gasteiger partial charge in [-0.05, 0) is 44.0 Å². The van der Waals surface area contributed by atoms with Crippen molar-refractivity contribution in [2.45, 2.75) is 26.3 Å². The van der Waals surface area contributed by atoms with Crippen LogP contribution in [0.1, 0.15) is 29.3 Å². The number of nitrogens with two attached hydrogens (primary N) is 1. The first-order valence-electron chi connectivity index (χ1n) is 6.76. The molecule has 0 aliphatic heterocycles. The number of carboxylic acid groups (broad SMARTS) is 1. The topological polar surface area (TPSA) is 88.2 Å². The quantitative estimate of drug-likeness (QED) is 0.614. The number of aromatic carboxylic acids is 1. The van der Waals surface area contributed by atoms with Crippen molar-refractivity contribution < 1.29 is 43.8 Å². The van der Waals surface area contributed by atoms with Gasteiger partial charge in [-0.2, -0.15) is 0 Å². The maximum absolute atomic E-state index is 14.0. The average molecular weight is 314 g/mol. The van der Waals surface area contributed by atoms with Gasteiger partial charge in [-0.1, -0.05) is 0 Å². The molecule has 0 saturated heterocycles. The Balaban J connectivity index is 0.00000242. The molecule has 0 aliphatic rings. The number of carbonyl (C=O) groups is 1. The normalized spacial score (nSPS) is 10.5. The zero-order chi connectivity index (χ0) is 15.6. The van der Waals surface area contributed by atoms with E-state index in [2.05, 4.69) is 0 Å². The molecule has 22 heavy (non-hydrogen) atoms. The van der Waals surface area contributed by atoms with E-state index in [1.807, 2.05) is 6.92 Å². The summed E-state index contributed by atoms with van der Waals surface area (Å²) in [7, 11) is 0. The molecule has 1 aromatic heterocycles. The number of halogens is 1. The Morgan fingerprint density at radius 3 is 2.64 bits per heavy atom. The van der Waals surface area contributed by atoms with Crippen molar-refractivity contribution in [3.63, 3.8) is 0 Å². The number of aromatic nitrogens is 1. The first-order chi connectivity index (χ1) is 9.99. The zero-order valence-electron chi connectivity index (χ0n) is 12.7. The van der Waals surface area contributed by atoms with E-state index in [-0.39, 0.29) is 34.9 Å². The van der Waals surface area contributed by atoms with Crippen molar-refractivity contribution in [1.82, 2.24) is 4.57 Å². The van der Waals surface area contributed by atoms with Crippen LogP contribution in [0.2, 0.25) is 0 Å². The van der Waals surface area contributed by atoms with Crippen LogP contribution in [0.25, 0.3) is 10.9 Å². The Morgan fingerprint density at radius 1 is 1.41 bits per heavy atom. The van der Waals surface area contributed by atoms with Crippen molar-refractivity contribution in [1.29, 1.82) is 0 Å². The van der Waals surface area contributed by atoms with Crippen LogP contribution in [0.15, 0.2) is 23.1 Å².